The van der Waals surface area contributed by atoms with Crippen molar-refractivity contribution < 1.29 is 9.53 Å². The van der Waals surface area contributed by atoms with E-state index in [0.29, 0.717) is 17.9 Å². The van der Waals surface area contributed by atoms with Gasteiger partial charge in [0.25, 0.3) is 5.91 Å². The largest absolute Gasteiger partial charge is 0.478 e. The lowest BCUT2D eigenvalue weighted by Gasteiger charge is -2.37. The summed E-state index contributed by atoms with van der Waals surface area (Å²) in [4.78, 5) is 14.7. The summed E-state index contributed by atoms with van der Waals surface area (Å²) in [6.45, 7) is 6.05. The van der Waals surface area contributed by atoms with Crippen LogP contribution >= 0.6 is 0 Å². The van der Waals surface area contributed by atoms with Gasteiger partial charge >= 0.3 is 0 Å². The fourth-order valence-electron chi connectivity index (χ4n) is 2.90. The monoisotopic (exact) mass is 310 g/mol. The first-order chi connectivity index (χ1) is 11.0. The summed E-state index contributed by atoms with van der Waals surface area (Å²) >= 11 is 0. The van der Waals surface area contributed by atoms with E-state index in [-0.39, 0.29) is 11.9 Å². The van der Waals surface area contributed by atoms with Crippen LogP contribution in [0, 0.1) is 6.92 Å². The molecule has 1 heterocycles. The molecule has 4 heteroatoms. The van der Waals surface area contributed by atoms with Crippen LogP contribution in [0.2, 0.25) is 0 Å². The zero-order chi connectivity index (χ0) is 16.6. The molecule has 1 unspecified atom stereocenters. The topological polar surface area (TPSA) is 55.6 Å². The van der Waals surface area contributed by atoms with Crippen molar-refractivity contribution >= 4 is 17.3 Å². The van der Waals surface area contributed by atoms with Crippen LogP contribution < -0.4 is 15.4 Å². The molecule has 0 aromatic heterocycles. The summed E-state index contributed by atoms with van der Waals surface area (Å²) in [5, 5.41) is 0. The number of hydrogen-bond donors (Lipinski definition) is 1. The van der Waals surface area contributed by atoms with Gasteiger partial charge in [-0.15, -0.1) is 0 Å². The van der Waals surface area contributed by atoms with Gasteiger partial charge < -0.3 is 15.4 Å². The second-order valence-electron chi connectivity index (χ2n) is 6.33. The number of nitrogen functional groups attached to an aromatic ring is 1. The fraction of sp³-hybridized carbons (Fsp3) is 0.316. The number of nitrogens with two attached hydrogens (primary N) is 1. The minimum absolute atomic E-state index is 0.0151. The normalized spacial score (nSPS) is 17.1. The van der Waals surface area contributed by atoms with Crippen LogP contribution in [0.25, 0.3) is 0 Å². The van der Waals surface area contributed by atoms with Crippen LogP contribution in [0.15, 0.2) is 42.5 Å². The molecule has 2 aromatic carbocycles. The molecule has 0 bridgehead atoms. The zero-order valence-electron chi connectivity index (χ0n) is 13.7. The van der Waals surface area contributed by atoms with E-state index in [9.17, 15) is 4.79 Å². The van der Waals surface area contributed by atoms with Crippen LogP contribution in [-0.4, -0.2) is 18.1 Å². The van der Waals surface area contributed by atoms with Crippen LogP contribution in [0.5, 0.6) is 5.75 Å². The fourth-order valence-corrected chi connectivity index (χ4v) is 2.90. The molecule has 4 nitrogen and oxygen atoms in total. The number of ether oxygens (including phenoxy) is 1. The number of hydrogen-bond acceptors (Lipinski definition) is 3. The molecule has 23 heavy (non-hydrogen) atoms. The predicted molar refractivity (Wildman–Crippen MR) is 92.8 cm³/mol. The number of fused-ring (bicyclic) bond motifs is 1. The van der Waals surface area contributed by atoms with E-state index >= 15 is 0 Å². The Hall–Kier alpha value is -2.49. The Morgan fingerprint density at radius 1 is 1.17 bits per heavy atom. The number of nitrogens with zero attached hydrogens (tertiary/aromatic N) is 1. The lowest BCUT2D eigenvalue weighted by Crippen LogP contribution is -2.50. The highest BCUT2D eigenvalue weighted by molar-refractivity contribution is 6.01. The van der Waals surface area contributed by atoms with E-state index in [0.717, 1.165) is 11.3 Å². The summed E-state index contributed by atoms with van der Waals surface area (Å²) in [6.07, 6.45) is 0.0582. The molecule has 0 aliphatic carbocycles. The van der Waals surface area contributed by atoms with Gasteiger partial charge in [0.1, 0.15) is 5.75 Å². The molecule has 120 valence electrons. The molecule has 1 atom stereocenters. The number of amides is 1. The van der Waals surface area contributed by atoms with Gasteiger partial charge in [-0.2, -0.15) is 0 Å². The van der Waals surface area contributed by atoms with Crippen LogP contribution in [0.3, 0.4) is 0 Å². The van der Waals surface area contributed by atoms with Crippen molar-refractivity contribution in [2.45, 2.75) is 39.3 Å². The third-order valence-corrected chi connectivity index (χ3v) is 4.08. The summed E-state index contributed by atoms with van der Waals surface area (Å²) in [6, 6.07) is 13.7. The Morgan fingerprint density at radius 3 is 2.52 bits per heavy atom. The Bertz CT molecular complexity index is 723. The van der Waals surface area contributed by atoms with Crippen molar-refractivity contribution in [1.82, 2.24) is 0 Å². The molecule has 0 saturated heterocycles. The van der Waals surface area contributed by atoms with Crippen LogP contribution in [0.1, 0.15) is 25.0 Å². The molecule has 0 spiro atoms. The van der Waals surface area contributed by atoms with Gasteiger partial charge in [-0.1, -0.05) is 29.8 Å². The van der Waals surface area contributed by atoms with Gasteiger partial charge in [0.05, 0.1) is 5.69 Å². The Morgan fingerprint density at radius 2 is 1.87 bits per heavy atom. The van der Waals surface area contributed by atoms with Gasteiger partial charge in [0.2, 0.25) is 0 Å². The van der Waals surface area contributed by atoms with Gasteiger partial charge in [-0.3, -0.25) is 4.79 Å². The van der Waals surface area contributed by atoms with E-state index in [1.165, 1.54) is 5.56 Å². The van der Waals surface area contributed by atoms with E-state index in [1.807, 2.05) is 39.0 Å². The maximum Gasteiger partial charge on any atom is 0.268 e. The smallest absolute Gasteiger partial charge is 0.268 e. The number of benzene rings is 2. The van der Waals surface area contributed by atoms with E-state index in [2.05, 4.69) is 12.1 Å². The van der Waals surface area contributed by atoms with Crippen molar-refractivity contribution in [1.29, 1.82) is 0 Å². The first kappa shape index (κ1) is 15.4. The number of carbonyl (C=O) groups is 1. The molecule has 0 saturated carbocycles. The highest BCUT2D eigenvalue weighted by Gasteiger charge is 2.35. The maximum atomic E-state index is 12.9. The van der Waals surface area contributed by atoms with Gasteiger partial charge in [0, 0.05) is 18.2 Å². The average molecular weight is 310 g/mol. The SMILES string of the molecule is Cc1ccc(CC2Oc3ccc(N)cc3N(C(C)C)C2=O)cc1. The highest BCUT2D eigenvalue weighted by atomic mass is 16.5. The van der Waals surface area contributed by atoms with Crippen molar-refractivity contribution in [3.63, 3.8) is 0 Å². The molecular formula is C19H22N2O2. The third-order valence-electron chi connectivity index (χ3n) is 4.08. The molecule has 2 aromatic rings. The second-order valence-corrected chi connectivity index (χ2v) is 6.33. The predicted octanol–water partition coefficient (Wildman–Crippen LogP) is 3.32. The minimum Gasteiger partial charge on any atom is -0.478 e. The highest BCUT2D eigenvalue weighted by Crippen LogP contribution is 2.37. The molecule has 1 aliphatic rings. The number of rotatable bonds is 3. The molecule has 0 fully saturated rings. The second kappa shape index (κ2) is 5.95. The minimum atomic E-state index is -0.503. The molecular weight excluding hydrogens is 288 g/mol. The van der Waals surface area contributed by atoms with E-state index in [4.69, 9.17) is 10.5 Å². The first-order valence-electron chi connectivity index (χ1n) is 7.90. The average Bonchev–Trinajstić information content (AvgIpc) is 2.50. The van der Waals surface area contributed by atoms with E-state index in [1.54, 1.807) is 17.0 Å². The molecule has 0 radical (unpaired) electrons. The standard InChI is InChI=1S/C19H22N2O2/c1-12(2)21-16-11-15(20)8-9-17(16)23-18(19(21)22)10-14-6-4-13(3)5-7-14/h4-9,11-12,18H,10,20H2,1-3H3. The van der Waals surface area contributed by atoms with Crippen LogP contribution in [0.4, 0.5) is 11.4 Å². The quantitative estimate of drug-likeness (QED) is 0.885. The summed E-state index contributed by atoms with van der Waals surface area (Å²) in [5.41, 5.74) is 9.55. The lowest BCUT2D eigenvalue weighted by molar-refractivity contribution is -0.126. The number of carbonyl (C=O) groups excluding carboxylic acids is 1. The number of anilines is 2. The Balaban J connectivity index is 1.93. The van der Waals surface area contributed by atoms with Crippen molar-refractivity contribution in [2.75, 3.05) is 10.6 Å². The summed E-state index contributed by atoms with van der Waals surface area (Å²) < 4.78 is 5.97. The first-order valence-corrected chi connectivity index (χ1v) is 7.90. The van der Waals surface area contributed by atoms with Crippen molar-refractivity contribution in [3.8, 4) is 5.75 Å². The van der Waals surface area contributed by atoms with Gasteiger partial charge in [-0.25, -0.2) is 0 Å². The van der Waals surface area contributed by atoms with Crippen molar-refractivity contribution in [2.24, 2.45) is 0 Å². The van der Waals surface area contributed by atoms with E-state index < -0.39 is 6.10 Å². The molecule has 1 aliphatic heterocycles. The Kier molecular flexibility index (Phi) is 3.99. The molecule has 3 rings (SSSR count). The number of aryl methyl sites for hydroxylation is 1. The Labute approximate surface area is 136 Å². The maximum absolute atomic E-state index is 12.9. The molecule has 1 amide bonds. The summed E-state index contributed by atoms with van der Waals surface area (Å²) in [5.74, 6) is 0.697. The van der Waals surface area contributed by atoms with Gasteiger partial charge in [0.15, 0.2) is 6.10 Å². The molecule has 2 N–H and O–H groups in total. The van der Waals surface area contributed by atoms with Crippen LogP contribution in [-0.2, 0) is 11.2 Å². The van der Waals surface area contributed by atoms with Gasteiger partial charge in [-0.05, 0) is 44.5 Å². The van der Waals surface area contributed by atoms with Crippen molar-refractivity contribution in [3.05, 3.63) is 53.6 Å². The summed E-state index contributed by atoms with van der Waals surface area (Å²) in [7, 11) is 0. The third kappa shape index (κ3) is 3.02. The zero-order valence-corrected chi connectivity index (χ0v) is 13.7. The lowest BCUT2D eigenvalue weighted by atomic mass is 10.0.